The fourth-order valence-electron chi connectivity index (χ4n) is 2.11. The van der Waals surface area contributed by atoms with Crippen LogP contribution in [0.25, 0.3) is 0 Å². The smallest absolute Gasteiger partial charge is 0.364 e. The fraction of sp³-hybridized carbons (Fsp3) is 0.727. The number of esters is 4. The van der Waals surface area contributed by atoms with Gasteiger partial charge in [0.15, 0.2) is 0 Å². The Bertz CT molecular complexity index is 601. The Balaban J connectivity index is 5.09. The standard InChI is InChI=1S/C22H36N2O8/c1-13(2)29-19(25)17(20(26)30-14(3)4)23-11-9-10-12-24-18(21(27)31-15(5)6)22(28)32-16(7)8/h13-16H,9-12H2,1-8H3. The van der Waals surface area contributed by atoms with E-state index in [1.807, 2.05) is 0 Å². The number of unbranched alkanes of at least 4 members (excludes halogenated alkanes) is 1. The summed E-state index contributed by atoms with van der Waals surface area (Å²) in [7, 11) is 0. The summed E-state index contributed by atoms with van der Waals surface area (Å²) in [5, 5.41) is 0. The van der Waals surface area contributed by atoms with Gasteiger partial charge in [-0.25, -0.2) is 19.2 Å². The molecule has 182 valence electrons. The zero-order chi connectivity index (χ0) is 24.8. The lowest BCUT2D eigenvalue weighted by Crippen LogP contribution is -2.32. The Morgan fingerprint density at radius 2 is 0.719 bits per heavy atom. The van der Waals surface area contributed by atoms with Gasteiger partial charge in [0, 0.05) is 13.1 Å². The molecule has 0 saturated carbocycles. The van der Waals surface area contributed by atoms with Gasteiger partial charge in [0.05, 0.1) is 24.4 Å². The van der Waals surface area contributed by atoms with E-state index in [4.69, 9.17) is 18.9 Å². The van der Waals surface area contributed by atoms with Crippen LogP contribution in [0.1, 0.15) is 68.2 Å². The van der Waals surface area contributed by atoms with Crippen molar-refractivity contribution in [2.75, 3.05) is 13.1 Å². The molecular weight excluding hydrogens is 420 g/mol. The van der Waals surface area contributed by atoms with E-state index in [-0.39, 0.29) is 13.1 Å². The number of carbonyl (C=O) groups excluding carboxylic acids is 4. The van der Waals surface area contributed by atoms with Crippen LogP contribution in [0.15, 0.2) is 9.98 Å². The molecule has 0 rings (SSSR count). The van der Waals surface area contributed by atoms with Crippen LogP contribution >= 0.6 is 0 Å². The zero-order valence-electron chi connectivity index (χ0n) is 20.3. The minimum atomic E-state index is -0.848. The molecule has 0 heterocycles. The fourth-order valence-corrected chi connectivity index (χ4v) is 2.11. The van der Waals surface area contributed by atoms with Crippen LogP contribution in [0.2, 0.25) is 0 Å². The second kappa shape index (κ2) is 15.1. The van der Waals surface area contributed by atoms with E-state index in [1.54, 1.807) is 55.4 Å². The first kappa shape index (κ1) is 29.2. The van der Waals surface area contributed by atoms with Gasteiger partial charge >= 0.3 is 23.9 Å². The minimum Gasteiger partial charge on any atom is -0.458 e. The van der Waals surface area contributed by atoms with Crippen LogP contribution in [0.5, 0.6) is 0 Å². The van der Waals surface area contributed by atoms with Gasteiger partial charge in [-0.15, -0.1) is 0 Å². The van der Waals surface area contributed by atoms with Crippen LogP contribution in [0.3, 0.4) is 0 Å². The third-order valence-electron chi connectivity index (χ3n) is 3.25. The molecule has 0 spiro atoms. The summed E-state index contributed by atoms with van der Waals surface area (Å²) in [5.74, 6) is -3.39. The summed E-state index contributed by atoms with van der Waals surface area (Å²) in [6, 6.07) is 0. The van der Waals surface area contributed by atoms with Crippen molar-refractivity contribution in [1.29, 1.82) is 0 Å². The molecule has 0 radical (unpaired) electrons. The molecule has 0 amide bonds. The lowest BCUT2D eigenvalue weighted by Gasteiger charge is -2.12. The molecule has 0 fully saturated rings. The van der Waals surface area contributed by atoms with Crippen molar-refractivity contribution in [3.05, 3.63) is 0 Å². The Morgan fingerprint density at radius 1 is 0.500 bits per heavy atom. The Kier molecular flexibility index (Phi) is 13.8. The average molecular weight is 457 g/mol. The highest BCUT2D eigenvalue weighted by Gasteiger charge is 2.26. The predicted octanol–water partition coefficient (Wildman–Crippen LogP) is 2.46. The minimum absolute atomic E-state index is 0.132. The van der Waals surface area contributed by atoms with E-state index >= 15 is 0 Å². The van der Waals surface area contributed by atoms with Crippen molar-refractivity contribution >= 4 is 35.3 Å². The highest BCUT2D eigenvalue weighted by Crippen LogP contribution is 2.02. The first-order chi connectivity index (χ1) is 14.8. The molecule has 0 aromatic carbocycles. The molecule has 0 N–H and O–H groups in total. The largest absolute Gasteiger partial charge is 0.458 e. The van der Waals surface area contributed by atoms with E-state index in [0.717, 1.165) is 0 Å². The lowest BCUT2D eigenvalue weighted by atomic mass is 10.3. The summed E-state index contributed by atoms with van der Waals surface area (Å²) in [4.78, 5) is 56.6. The maximum atomic E-state index is 12.1. The maximum Gasteiger partial charge on any atom is 0.364 e. The number of rotatable bonds is 13. The van der Waals surface area contributed by atoms with Crippen LogP contribution in [-0.2, 0) is 38.1 Å². The quantitative estimate of drug-likeness (QED) is 0.136. The van der Waals surface area contributed by atoms with Gasteiger partial charge < -0.3 is 18.9 Å². The van der Waals surface area contributed by atoms with Gasteiger partial charge in [0.25, 0.3) is 0 Å². The Hall–Kier alpha value is -2.78. The summed E-state index contributed by atoms with van der Waals surface area (Å²) in [6.45, 7) is 13.5. The molecule has 0 aliphatic heterocycles. The van der Waals surface area contributed by atoms with Gasteiger partial charge in [0.1, 0.15) is 0 Å². The third-order valence-corrected chi connectivity index (χ3v) is 3.25. The number of hydrogen-bond donors (Lipinski definition) is 0. The molecule has 0 aliphatic carbocycles. The predicted molar refractivity (Wildman–Crippen MR) is 119 cm³/mol. The van der Waals surface area contributed by atoms with Gasteiger partial charge in [-0.05, 0) is 68.2 Å². The number of nitrogens with zero attached hydrogens (tertiary/aromatic N) is 2. The van der Waals surface area contributed by atoms with Crippen molar-refractivity contribution in [2.45, 2.75) is 92.6 Å². The third kappa shape index (κ3) is 12.8. The topological polar surface area (TPSA) is 130 Å². The van der Waals surface area contributed by atoms with Gasteiger partial charge in [-0.3, -0.25) is 9.98 Å². The van der Waals surface area contributed by atoms with Crippen molar-refractivity contribution < 1.29 is 38.1 Å². The highest BCUT2D eigenvalue weighted by molar-refractivity contribution is 6.63. The number of ether oxygens (including phenoxy) is 4. The van der Waals surface area contributed by atoms with Gasteiger partial charge in [0.2, 0.25) is 11.4 Å². The zero-order valence-corrected chi connectivity index (χ0v) is 20.3. The lowest BCUT2D eigenvalue weighted by molar-refractivity contribution is -0.146. The normalized spacial score (nSPS) is 10.8. The molecule has 0 unspecified atom stereocenters. The van der Waals surface area contributed by atoms with Crippen LogP contribution in [0, 0.1) is 0 Å². The van der Waals surface area contributed by atoms with Crippen LogP contribution < -0.4 is 0 Å². The Morgan fingerprint density at radius 3 is 0.906 bits per heavy atom. The molecule has 10 nitrogen and oxygen atoms in total. The number of carbonyl (C=O) groups is 4. The number of aliphatic imine (C=N–C) groups is 2. The molecule has 0 aromatic heterocycles. The molecule has 0 saturated heterocycles. The second-order valence-electron chi connectivity index (χ2n) is 7.98. The van der Waals surface area contributed by atoms with Crippen molar-refractivity contribution in [1.82, 2.24) is 0 Å². The van der Waals surface area contributed by atoms with E-state index in [2.05, 4.69) is 9.98 Å². The van der Waals surface area contributed by atoms with E-state index in [1.165, 1.54) is 0 Å². The van der Waals surface area contributed by atoms with E-state index < -0.39 is 59.7 Å². The van der Waals surface area contributed by atoms with Crippen molar-refractivity contribution in [3.8, 4) is 0 Å². The summed E-state index contributed by atoms with van der Waals surface area (Å²) < 4.78 is 20.2. The maximum absolute atomic E-state index is 12.1. The Labute approximate surface area is 189 Å². The highest BCUT2D eigenvalue weighted by atomic mass is 16.6. The first-order valence-corrected chi connectivity index (χ1v) is 10.8. The monoisotopic (exact) mass is 456 g/mol. The van der Waals surface area contributed by atoms with E-state index in [0.29, 0.717) is 12.8 Å². The molecule has 0 bridgehead atoms. The second-order valence-corrected chi connectivity index (χ2v) is 7.98. The average Bonchev–Trinajstić information content (AvgIpc) is 2.61. The first-order valence-electron chi connectivity index (χ1n) is 10.8. The summed E-state index contributed by atoms with van der Waals surface area (Å²) >= 11 is 0. The molecule has 10 heteroatoms. The molecule has 0 atom stereocenters. The van der Waals surface area contributed by atoms with Crippen LogP contribution in [0.4, 0.5) is 0 Å². The summed E-state index contributed by atoms with van der Waals surface area (Å²) in [6.07, 6.45) is -0.787. The van der Waals surface area contributed by atoms with Gasteiger partial charge in [-0.2, -0.15) is 0 Å². The van der Waals surface area contributed by atoms with Crippen molar-refractivity contribution in [3.63, 3.8) is 0 Å². The van der Waals surface area contributed by atoms with Crippen LogP contribution in [-0.4, -0.2) is 72.8 Å². The number of hydrogen-bond acceptors (Lipinski definition) is 10. The van der Waals surface area contributed by atoms with Crippen molar-refractivity contribution in [2.24, 2.45) is 9.98 Å². The van der Waals surface area contributed by atoms with Gasteiger partial charge in [-0.1, -0.05) is 0 Å². The molecule has 0 aromatic rings. The SMILES string of the molecule is CC(C)OC(=O)C(=NCCCCN=C(C(=O)OC(C)C)C(=O)OC(C)C)C(=O)OC(C)C. The summed E-state index contributed by atoms with van der Waals surface area (Å²) in [5.41, 5.74) is -0.810. The molecular formula is C22H36N2O8. The molecule has 32 heavy (non-hydrogen) atoms. The van der Waals surface area contributed by atoms with E-state index in [9.17, 15) is 19.2 Å². The molecule has 0 aliphatic rings.